The lowest BCUT2D eigenvalue weighted by atomic mass is 9.89. The summed E-state index contributed by atoms with van der Waals surface area (Å²) in [5.41, 5.74) is 4.58. The number of aliphatic imine (C=N–C) groups is 1. The Morgan fingerprint density at radius 3 is 2.96 bits per heavy atom. The number of carbonyl (C=O) groups is 2. The molecule has 3 heterocycles. The van der Waals surface area contributed by atoms with E-state index in [4.69, 9.17) is 0 Å². The average Bonchev–Trinajstić information content (AvgIpc) is 3.35. The van der Waals surface area contributed by atoms with Crippen molar-refractivity contribution in [3.8, 4) is 0 Å². The van der Waals surface area contributed by atoms with E-state index in [0.29, 0.717) is 18.5 Å². The van der Waals surface area contributed by atoms with Crippen molar-refractivity contribution in [1.29, 1.82) is 0 Å². The Morgan fingerprint density at radius 1 is 1.39 bits per heavy atom. The van der Waals surface area contributed by atoms with Crippen LogP contribution in [0.15, 0.2) is 54.0 Å². The topological polar surface area (TPSA) is 81.7 Å². The molecular weight excluding hydrogens is 354 g/mol. The number of carbonyl (C=O) groups excluding carboxylic acids is 2. The first-order chi connectivity index (χ1) is 13.5. The maximum absolute atomic E-state index is 12.8. The number of imidazole rings is 1. The van der Waals surface area contributed by atoms with Gasteiger partial charge in [0.2, 0.25) is 0 Å². The van der Waals surface area contributed by atoms with Gasteiger partial charge in [0.1, 0.15) is 0 Å². The fourth-order valence-electron chi connectivity index (χ4n) is 3.53. The summed E-state index contributed by atoms with van der Waals surface area (Å²) < 4.78 is 0. The van der Waals surface area contributed by atoms with Crippen LogP contribution in [-0.4, -0.2) is 64.5 Å². The number of hydrogen-bond acceptors (Lipinski definition) is 4. The van der Waals surface area contributed by atoms with Crippen LogP contribution in [0.3, 0.4) is 0 Å². The lowest BCUT2D eigenvalue weighted by Crippen LogP contribution is -2.39. The highest BCUT2D eigenvalue weighted by molar-refractivity contribution is 6.08. The number of nitrogens with zero attached hydrogens (tertiary/aromatic N) is 4. The smallest absolute Gasteiger partial charge is 0.255 e. The predicted octanol–water partition coefficient (Wildman–Crippen LogP) is 2.40. The van der Waals surface area contributed by atoms with E-state index >= 15 is 0 Å². The Labute approximate surface area is 162 Å². The minimum absolute atomic E-state index is 0.0515. The number of aromatic nitrogens is 2. The van der Waals surface area contributed by atoms with Gasteiger partial charge in [-0.1, -0.05) is 6.08 Å². The number of aromatic amines is 1. The molecule has 142 valence electrons. The molecule has 1 N–H and O–H groups in total. The van der Waals surface area contributed by atoms with Crippen LogP contribution in [0.1, 0.15) is 22.3 Å². The first-order valence-corrected chi connectivity index (χ1v) is 9.07. The number of H-pyrrole nitrogens is 1. The maximum atomic E-state index is 12.8. The third-order valence-electron chi connectivity index (χ3n) is 4.94. The van der Waals surface area contributed by atoms with Crippen LogP contribution < -0.4 is 0 Å². The lowest BCUT2D eigenvalue weighted by molar-refractivity contribution is -0.129. The number of fused-ring (bicyclic) bond motifs is 2. The van der Waals surface area contributed by atoms with Gasteiger partial charge in [0.05, 0.1) is 17.4 Å². The standard InChI is InChI=1S/C21H21N5O2/c1-4-5-8-26-11-16(14-6-7-22-19(14)21(26)28)15-9-13(20(27)25(2)3)10-17-18(15)24-12-23-17/h4,6-7,9-12,19H,1,5,8H2,2-3H3,(H,23,24). The summed E-state index contributed by atoms with van der Waals surface area (Å²) in [6.45, 7) is 4.27. The molecule has 2 aromatic rings. The van der Waals surface area contributed by atoms with E-state index in [1.165, 1.54) is 4.90 Å². The Morgan fingerprint density at radius 2 is 2.21 bits per heavy atom. The Bertz CT molecular complexity index is 1070. The Hall–Kier alpha value is -3.48. The van der Waals surface area contributed by atoms with Crippen LogP contribution in [-0.2, 0) is 4.79 Å². The third-order valence-corrected chi connectivity index (χ3v) is 4.94. The molecule has 7 heteroatoms. The summed E-state index contributed by atoms with van der Waals surface area (Å²) in [4.78, 5) is 40.5. The van der Waals surface area contributed by atoms with E-state index in [9.17, 15) is 9.59 Å². The second-order valence-corrected chi connectivity index (χ2v) is 7.00. The Kier molecular flexibility index (Phi) is 4.43. The SMILES string of the molecule is C=CCCN1C=C(c2cc(C(=O)N(C)C)cc3[nH]cnc23)C2=CC=NC2C1=O. The summed E-state index contributed by atoms with van der Waals surface area (Å²) in [5, 5.41) is 0. The number of allylic oxidation sites excluding steroid dienone is 1. The van der Waals surface area contributed by atoms with Crippen LogP contribution in [0, 0.1) is 0 Å². The number of benzene rings is 1. The molecule has 2 aliphatic heterocycles. The molecule has 7 nitrogen and oxygen atoms in total. The fraction of sp³-hybridized carbons (Fsp3) is 0.238. The van der Waals surface area contributed by atoms with E-state index in [0.717, 1.165) is 27.7 Å². The molecule has 0 saturated heterocycles. The minimum atomic E-state index is -0.549. The molecule has 0 radical (unpaired) electrons. The molecule has 1 aromatic carbocycles. The van der Waals surface area contributed by atoms with E-state index in [2.05, 4.69) is 21.5 Å². The van der Waals surface area contributed by atoms with Crippen LogP contribution in [0.5, 0.6) is 0 Å². The van der Waals surface area contributed by atoms with Gasteiger partial charge >= 0.3 is 0 Å². The van der Waals surface area contributed by atoms with Crippen molar-refractivity contribution >= 4 is 34.6 Å². The van der Waals surface area contributed by atoms with E-state index < -0.39 is 6.04 Å². The molecule has 28 heavy (non-hydrogen) atoms. The molecule has 1 aromatic heterocycles. The largest absolute Gasteiger partial charge is 0.345 e. The summed E-state index contributed by atoms with van der Waals surface area (Å²) in [5.74, 6) is -0.147. The van der Waals surface area contributed by atoms with Crippen LogP contribution in [0.25, 0.3) is 16.6 Å². The first kappa shape index (κ1) is 17.9. The minimum Gasteiger partial charge on any atom is -0.345 e. The number of nitrogens with one attached hydrogen (secondary N) is 1. The van der Waals surface area contributed by atoms with Crippen molar-refractivity contribution in [2.24, 2.45) is 4.99 Å². The van der Waals surface area contributed by atoms with Gasteiger partial charge in [-0.2, -0.15) is 0 Å². The zero-order valence-electron chi connectivity index (χ0n) is 15.8. The Balaban J connectivity index is 1.89. The zero-order valence-corrected chi connectivity index (χ0v) is 15.8. The van der Waals surface area contributed by atoms with Crippen molar-refractivity contribution in [2.45, 2.75) is 12.5 Å². The highest BCUT2D eigenvalue weighted by Gasteiger charge is 2.36. The zero-order chi connectivity index (χ0) is 19.8. The van der Waals surface area contributed by atoms with Gasteiger partial charge in [-0.25, -0.2) is 4.98 Å². The highest BCUT2D eigenvalue weighted by Crippen LogP contribution is 2.37. The predicted molar refractivity (Wildman–Crippen MR) is 109 cm³/mol. The second kappa shape index (κ2) is 6.92. The van der Waals surface area contributed by atoms with Gasteiger partial charge in [0.25, 0.3) is 11.8 Å². The molecule has 1 atom stereocenters. The average molecular weight is 375 g/mol. The van der Waals surface area contributed by atoms with Crippen LogP contribution >= 0.6 is 0 Å². The maximum Gasteiger partial charge on any atom is 0.255 e. The molecule has 0 aliphatic carbocycles. The first-order valence-electron chi connectivity index (χ1n) is 9.07. The molecule has 1 unspecified atom stereocenters. The van der Waals surface area contributed by atoms with Crippen molar-refractivity contribution < 1.29 is 9.59 Å². The summed E-state index contributed by atoms with van der Waals surface area (Å²) in [6.07, 6.45) is 9.45. The molecular formula is C21H21N5O2. The van der Waals surface area contributed by atoms with Crippen LogP contribution in [0.2, 0.25) is 0 Å². The van der Waals surface area contributed by atoms with Gasteiger partial charge < -0.3 is 14.8 Å². The van der Waals surface area contributed by atoms with Gasteiger partial charge in [0.15, 0.2) is 6.04 Å². The molecule has 2 aliphatic rings. The second-order valence-electron chi connectivity index (χ2n) is 7.00. The summed E-state index contributed by atoms with van der Waals surface area (Å²) >= 11 is 0. The third kappa shape index (κ3) is 2.85. The van der Waals surface area contributed by atoms with Gasteiger partial charge in [0, 0.05) is 49.8 Å². The van der Waals surface area contributed by atoms with E-state index in [1.54, 1.807) is 43.7 Å². The van der Waals surface area contributed by atoms with Gasteiger partial charge in [-0.15, -0.1) is 6.58 Å². The quantitative estimate of drug-likeness (QED) is 0.815. The molecule has 0 spiro atoms. The normalized spacial score (nSPS) is 18.1. The molecule has 0 fully saturated rings. The lowest BCUT2D eigenvalue weighted by Gasteiger charge is -2.30. The summed E-state index contributed by atoms with van der Waals surface area (Å²) in [7, 11) is 3.44. The number of rotatable bonds is 5. The summed E-state index contributed by atoms with van der Waals surface area (Å²) in [6, 6.07) is 3.09. The number of amides is 2. The van der Waals surface area contributed by atoms with Crippen molar-refractivity contribution in [1.82, 2.24) is 19.8 Å². The van der Waals surface area contributed by atoms with Crippen molar-refractivity contribution in [3.63, 3.8) is 0 Å². The van der Waals surface area contributed by atoms with E-state index in [-0.39, 0.29) is 11.8 Å². The monoisotopic (exact) mass is 375 g/mol. The number of hydrogen-bond donors (Lipinski definition) is 1. The van der Waals surface area contributed by atoms with Gasteiger partial charge in [-0.05, 0) is 30.2 Å². The fourth-order valence-corrected chi connectivity index (χ4v) is 3.53. The molecule has 0 bridgehead atoms. The highest BCUT2D eigenvalue weighted by atomic mass is 16.2. The van der Waals surface area contributed by atoms with E-state index in [1.807, 2.05) is 18.3 Å². The van der Waals surface area contributed by atoms with Crippen molar-refractivity contribution in [3.05, 3.63) is 60.1 Å². The molecule has 2 amide bonds. The van der Waals surface area contributed by atoms with Crippen molar-refractivity contribution in [2.75, 3.05) is 20.6 Å². The van der Waals surface area contributed by atoms with Gasteiger partial charge in [-0.3, -0.25) is 14.6 Å². The van der Waals surface area contributed by atoms with Crippen LogP contribution in [0.4, 0.5) is 0 Å². The molecule has 4 rings (SSSR count). The molecule has 0 saturated carbocycles.